The van der Waals surface area contributed by atoms with Crippen LogP contribution in [0.4, 0.5) is 0 Å². The summed E-state index contributed by atoms with van der Waals surface area (Å²) in [5.41, 5.74) is 3.83. The lowest BCUT2D eigenvalue weighted by atomic mass is 9.91. The highest BCUT2D eigenvalue weighted by atomic mass is 16.6. The number of carbonyl (C=O) groups is 4. The number of carbonyl (C=O) groups excluding carboxylic acids is 2. The van der Waals surface area contributed by atoms with Crippen LogP contribution in [0.1, 0.15) is 165 Å². The van der Waals surface area contributed by atoms with Crippen molar-refractivity contribution in [2.24, 2.45) is 5.73 Å². The monoisotopic (exact) mass is 744 g/mol. The number of aliphatic carboxylic acids is 2. The summed E-state index contributed by atoms with van der Waals surface area (Å²) >= 11 is 0. The summed E-state index contributed by atoms with van der Waals surface area (Å²) in [6, 6.07) is 0.845. The molecule has 0 aliphatic heterocycles. The molecule has 0 aromatic carbocycles. The van der Waals surface area contributed by atoms with Gasteiger partial charge >= 0.3 is 17.9 Å². The molecule has 6 N–H and O–H groups in total. The van der Waals surface area contributed by atoms with Crippen LogP contribution in [-0.2, 0) is 19.1 Å². The van der Waals surface area contributed by atoms with Gasteiger partial charge in [-0.3, -0.25) is 9.78 Å². The number of amides is 1. The first-order chi connectivity index (χ1) is 25.1. The van der Waals surface area contributed by atoms with Crippen molar-refractivity contribution in [2.75, 3.05) is 0 Å². The minimum Gasteiger partial charge on any atom is -0.480 e. The van der Waals surface area contributed by atoms with Crippen LogP contribution in [0.5, 0.6) is 0 Å². The summed E-state index contributed by atoms with van der Waals surface area (Å²) < 4.78 is 5.08. The van der Waals surface area contributed by atoms with Crippen LogP contribution >= 0.6 is 0 Å². The third-order valence-corrected chi connectivity index (χ3v) is 9.32. The van der Waals surface area contributed by atoms with Gasteiger partial charge in [-0.15, -0.1) is 13.2 Å². The number of aryl methyl sites for hydroxylation is 1. The van der Waals surface area contributed by atoms with Crippen molar-refractivity contribution in [1.82, 2.24) is 20.6 Å². The molecule has 3 rings (SSSR count). The second kappa shape index (κ2) is 26.2. The van der Waals surface area contributed by atoms with Crippen LogP contribution in [0.3, 0.4) is 0 Å². The number of nitrogens with one attached hydrogen (secondary N) is 2. The molecule has 2 atom stereocenters. The smallest absolute Gasteiger partial charge is 0.338 e. The van der Waals surface area contributed by atoms with Crippen molar-refractivity contribution >= 4 is 23.8 Å². The molecule has 2 aliphatic rings. The Balaban J connectivity index is 0.000000407. The van der Waals surface area contributed by atoms with Gasteiger partial charge in [-0.1, -0.05) is 76.4 Å². The van der Waals surface area contributed by atoms with E-state index < -0.39 is 41.0 Å². The zero-order chi connectivity index (χ0) is 39.7. The number of ether oxygens (including phenoxy) is 1. The Hall–Kier alpha value is -3.64. The molecule has 1 amide bonds. The number of carboxylic acids is 2. The van der Waals surface area contributed by atoms with Crippen LogP contribution in [0, 0.1) is 6.92 Å². The molecule has 0 spiro atoms. The summed E-state index contributed by atoms with van der Waals surface area (Å²) in [5.74, 6) is -3.77. The summed E-state index contributed by atoms with van der Waals surface area (Å²) in [4.78, 5) is 54.1. The molecular formula is C41H69N5O7. The van der Waals surface area contributed by atoms with Crippen LogP contribution in [-0.4, -0.2) is 73.3 Å². The average Bonchev–Trinajstić information content (AvgIpc) is 3.11. The number of hydrogen-bond acceptors (Lipinski definition) is 9. The van der Waals surface area contributed by atoms with E-state index in [1.54, 1.807) is 33.8 Å². The average molecular weight is 744 g/mol. The Bertz CT molecular complexity index is 1220. The van der Waals surface area contributed by atoms with Crippen molar-refractivity contribution in [3.05, 3.63) is 49.1 Å². The van der Waals surface area contributed by atoms with Crippen molar-refractivity contribution in [1.29, 1.82) is 0 Å². The minimum atomic E-state index is -1.96. The maximum absolute atomic E-state index is 11.9. The van der Waals surface area contributed by atoms with Crippen molar-refractivity contribution in [3.8, 4) is 0 Å². The van der Waals surface area contributed by atoms with Crippen LogP contribution < -0.4 is 16.4 Å². The first-order valence-corrected chi connectivity index (χ1v) is 19.7. The third kappa shape index (κ3) is 21.0. The zero-order valence-electron chi connectivity index (χ0n) is 33.0. The molecule has 0 unspecified atom stereocenters. The zero-order valence-corrected chi connectivity index (χ0v) is 33.0. The Morgan fingerprint density at radius 3 is 1.81 bits per heavy atom. The van der Waals surface area contributed by atoms with Crippen LogP contribution in [0.15, 0.2) is 37.7 Å². The van der Waals surface area contributed by atoms with E-state index >= 15 is 0 Å². The van der Waals surface area contributed by atoms with Gasteiger partial charge in [-0.25, -0.2) is 19.4 Å². The molecule has 2 fully saturated rings. The molecule has 2 saturated carbocycles. The van der Waals surface area contributed by atoms with E-state index in [0.717, 1.165) is 57.0 Å². The minimum absolute atomic E-state index is 0.0778. The topological polar surface area (TPSA) is 194 Å². The molecule has 0 saturated heterocycles. The van der Waals surface area contributed by atoms with E-state index in [1.165, 1.54) is 76.6 Å². The quantitative estimate of drug-likeness (QED) is 0.0406. The van der Waals surface area contributed by atoms with Gasteiger partial charge < -0.3 is 31.3 Å². The SMILES string of the molecule is C1CCC(NC2CCCCC2)CC1.C=CCCCCC[C@H](NC(=O)c1cnc(C)cn1)C(=O)O.C=CCCCCC[C@](N)(C(=O)O)C(=O)OC(C)(C)C. The number of rotatable bonds is 19. The number of hydrogen-bond donors (Lipinski definition) is 5. The second-order valence-corrected chi connectivity index (χ2v) is 15.3. The number of unbranched alkanes of at least 4 members (excludes halogenated alkanes) is 6. The van der Waals surface area contributed by atoms with Gasteiger partial charge in [-0.2, -0.15) is 0 Å². The number of nitrogens with zero attached hydrogens (tertiary/aromatic N) is 2. The van der Waals surface area contributed by atoms with E-state index in [1.807, 2.05) is 6.08 Å². The number of aromatic nitrogens is 2. The van der Waals surface area contributed by atoms with Gasteiger partial charge in [0.25, 0.3) is 5.91 Å². The normalized spacial score (nSPS) is 16.6. The predicted octanol–water partition coefficient (Wildman–Crippen LogP) is 7.59. The fourth-order valence-corrected chi connectivity index (χ4v) is 6.22. The molecule has 0 bridgehead atoms. The van der Waals surface area contributed by atoms with Crippen molar-refractivity contribution in [3.63, 3.8) is 0 Å². The van der Waals surface area contributed by atoms with Gasteiger partial charge in [-0.05, 0) is 91.9 Å². The maximum atomic E-state index is 11.9. The number of esters is 1. The first kappa shape index (κ1) is 47.4. The van der Waals surface area contributed by atoms with Gasteiger partial charge in [0.15, 0.2) is 0 Å². The van der Waals surface area contributed by atoms with Crippen molar-refractivity contribution < 1.29 is 34.1 Å². The van der Waals surface area contributed by atoms with Crippen LogP contribution in [0.2, 0.25) is 0 Å². The number of allylic oxidation sites excluding steroid dienone is 2. The highest BCUT2D eigenvalue weighted by molar-refractivity contribution is 6.03. The molecule has 12 heteroatoms. The lowest BCUT2D eigenvalue weighted by molar-refractivity contribution is -0.169. The standard InChI is InChI=1S/C15H21N3O3.C14H25NO4.C12H23N/c1-3-4-5-6-7-8-12(15(20)21)18-14(19)13-10-16-11(2)9-17-13;1-5-6-7-8-9-10-14(15,11(16)17)12(18)19-13(2,3)4;1-3-7-11(8-4-1)13-12-9-5-2-6-10-12/h3,9-10,12H,1,4-8H2,2H3,(H,18,19)(H,20,21);5H,1,6-10,15H2,2-4H3,(H,16,17);11-13H,1-10H2/t12-;14-;/m00./s1. The van der Waals surface area contributed by atoms with E-state index in [2.05, 4.69) is 33.8 Å². The molecule has 0 radical (unpaired) electrons. The fourth-order valence-electron chi connectivity index (χ4n) is 6.22. The highest BCUT2D eigenvalue weighted by Gasteiger charge is 2.44. The fraction of sp³-hybridized carbons (Fsp3) is 0.707. The Morgan fingerprint density at radius 2 is 1.38 bits per heavy atom. The van der Waals surface area contributed by atoms with E-state index in [-0.39, 0.29) is 12.1 Å². The first-order valence-electron chi connectivity index (χ1n) is 19.7. The van der Waals surface area contributed by atoms with Crippen molar-refractivity contribution in [2.45, 2.75) is 185 Å². The molecular weight excluding hydrogens is 674 g/mol. The molecule has 1 aromatic rings. The molecule has 1 aromatic heterocycles. The third-order valence-electron chi connectivity index (χ3n) is 9.32. The van der Waals surface area contributed by atoms with E-state index in [0.29, 0.717) is 18.5 Å². The molecule has 1 heterocycles. The second-order valence-electron chi connectivity index (χ2n) is 15.3. The highest BCUT2D eigenvalue weighted by Crippen LogP contribution is 2.23. The number of nitrogens with two attached hydrogens (primary N) is 1. The Kier molecular flexibility index (Phi) is 23.4. The Labute approximate surface area is 318 Å². The maximum Gasteiger partial charge on any atom is 0.338 e. The summed E-state index contributed by atoms with van der Waals surface area (Å²) in [7, 11) is 0. The van der Waals surface area contributed by atoms with Crippen LogP contribution in [0.25, 0.3) is 0 Å². The molecule has 2 aliphatic carbocycles. The molecule has 300 valence electrons. The summed E-state index contributed by atoms with van der Waals surface area (Å²) in [5, 5.41) is 24.6. The van der Waals surface area contributed by atoms with Gasteiger partial charge in [0.05, 0.1) is 11.9 Å². The lowest BCUT2D eigenvalue weighted by Crippen LogP contribution is -2.57. The van der Waals surface area contributed by atoms with E-state index in [9.17, 15) is 19.2 Å². The predicted molar refractivity (Wildman–Crippen MR) is 210 cm³/mol. The molecule has 12 nitrogen and oxygen atoms in total. The molecule has 53 heavy (non-hydrogen) atoms. The largest absolute Gasteiger partial charge is 0.480 e. The van der Waals surface area contributed by atoms with Gasteiger partial charge in [0.2, 0.25) is 5.54 Å². The summed E-state index contributed by atoms with van der Waals surface area (Å²) in [6.07, 6.45) is 28.2. The lowest BCUT2D eigenvalue weighted by Gasteiger charge is -2.30. The number of carboxylic acid groups (broad SMARTS) is 2. The van der Waals surface area contributed by atoms with Gasteiger partial charge in [0.1, 0.15) is 17.3 Å². The van der Waals surface area contributed by atoms with Gasteiger partial charge in [0, 0.05) is 18.3 Å². The Morgan fingerprint density at radius 1 is 0.849 bits per heavy atom. The summed E-state index contributed by atoms with van der Waals surface area (Å²) in [6.45, 7) is 14.0. The van der Waals surface area contributed by atoms with E-state index in [4.69, 9.17) is 20.7 Å².